The highest BCUT2D eigenvalue weighted by Gasteiger charge is 2.27. The van der Waals surface area contributed by atoms with E-state index in [1.807, 2.05) is 24.3 Å². The Morgan fingerprint density at radius 2 is 2.05 bits per heavy atom. The summed E-state index contributed by atoms with van der Waals surface area (Å²) in [7, 11) is 0. The summed E-state index contributed by atoms with van der Waals surface area (Å²) >= 11 is 1.60. The first-order chi connectivity index (χ1) is 10.1. The fraction of sp³-hybridized carbons (Fsp3) is 0.250. The fourth-order valence-corrected chi connectivity index (χ4v) is 3.34. The van der Waals surface area contributed by atoms with Crippen molar-refractivity contribution in [3.8, 4) is 5.75 Å². The molecular weight excluding hydrogens is 294 g/mol. The minimum atomic E-state index is -0.842. The average Bonchev–Trinajstić information content (AvgIpc) is 2.49. The minimum absolute atomic E-state index is 0.0967. The highest BCUT2D eigenvalue weighted by Crippen LogP contribution is 2.36. The molecule has 3 rings (SSSR count). The van der Waals surface area contributed by atoms with Crippen molar-refractivity contribution in [1.29, 1.82) is 0 Å². The lowest BCUT2D eigenvalue weighted by Crippen LogP contribution is -2.37. The van der Waals surface area contributed by atoms with E-state index in [0.29, 0.717) is 5.75 Å². The molecule has 1 N–H and O–H groups in total. The largest absolute Gasteiger partial charge is 0.486 e. The number of benzene rings is 2. The molecule has 5 heteroatoms. The predicted molar refractivity (Wildman–Crippen MR) is 77.7 cm³/mol. The molecule has 2 atom stereocenters. The van der Waals surface area contributed by atoms with Crippen LogP contribution in [0, 0.1) is 11.6 Å². The first kappa shape index (κ1) is 14.4. The molecule has 2 aromatic carbocycles. The lowest BCUT2D eigenvalue weighted by molar-refractivity contribution is 0.0463. The third-order valence-electron chi connectivity index (χ3n) is 3.40. The van der Waals surface area contributed by atoms with E-state index in [-0.39, 0.29) is 12.0 Å². The topological polar surface area (TPSA) is 29.5 Å². The van der Waals surface area contributed by atoms with Gasteiger partial charge in [-0.25, -0.2) is 8.78 Å². The summed E-state index contributed by atoms with van der Waals surface area (Å²) in [5.41, 5.74) is 0.288. The normalized spacial score (nSPS) is 18.7. The van der Waals surface area contributed by atoms with Gasteiger partial charge >= 0.3 is 0 Å². The van der Waals surface area contributed by atoms with Gasteiger partial charge < -0.3 is 9.84 Å². The summed E-state index contributed by atoms with van der Waals surface area (Å²) in [4.78, 5) is 1.04. The number of thioether (sulfide) groups is 1. The summed E-state index contributed by atoms with van der Waals surface area (Å²) in [6, 6.07) is 11.0. The maximum atomic E-state index is 13.6. The van der Waals surface area contributed by atoms with E-state index in [1.165, 1.54) is 12.1 Å². The molecule has 2 nitrogen and oxygen atoms in total. The molecule has 0 aromatic heterocycles. The van der Waals surface area contributed by atoms with Crippen LogP contribution in [0.5, 0.6) is 5.75 Å². The molecule has 1 heterocycles. The van der Waals surface area contributed by atoms with Gasteiger partial charge in [0.2, 0.25) is 0 Å². The van der Waals surface area contributed by atoms with Crippen molar-refractivity contribution in [3.05, 3.63) is 59.7 Å². The van der Waals surface area contributed by atoms with Gasteiger partial charge in [-0.3, -0.25) is 0 Å². The molecule has 2 unspecified atom stereocenters. The number of para-hydroxylation sites is 1. The van der Waals surface area contributed by atoms with Crippen molar-refractivity contribution in [2.45, 2.75) is 23.5 Å². The maximum Gasteiger partial charge on any atom is 0.134 e. The van der Waals surface area contributed by atoms with E-state index in [9.17, 15) is 13.9 Å². The molecule has 0 saturated heterocycles. The van der Waals surface area contributed by atoms with E-state index in [0.717, 1.165) is 16.7 Å². The number of fused-ring (bicyclic) bond motifs is 1. The second-order valence-corrected chi connectivity index (χ2v) is 5.98. The molecule has 110 valence electrons. The molecule has 2 aromatic rings. The maximum absolute atomic E-state index is 13.6. The first-order valence-corrected chi connectivity index (χ1v) is 7.62. The van der Waals surface area contributed by atoms with E-state index in [4.69, 9.17) is 4.74 Å². The summed E-state index contributed by atoms with van der Waals surface area (Å²) in [6.45, 7) is 0. The molecule has 0 fully saturated rings. The number of rotatable bonds is 3. The van der Waals surface area contributed by atoms with Crippen molar-refractivity contribution < 1.29 is 18.6 Å². The molecule has 0 spiro atoms. The second kappa shape index (κ2) is 6.03. The van der Waals surface area contributed by atoms with Gasteiger partial charge in [0.05, 0.1) is 6.10 Å². The molecule has 0 bridgehead atoms. The Morgan fingerprint density at radius 3 is 2.86 bits per heavy atom. The molecule has 0 aliphatic carbocycles. The van der Waals surface area contributed by atoms with Crippen LogP contribution in [0.4, 0.5) is 8.78 Å². The van der Waals surface area contributed by atoms with Gasteiger partial charge in [0.25, 0.3) is 0 Å². The van der Waals surface area contributed by atoms with E-state index in [1.54, 1.807) is 11.8 Å². The Hall–Kier alpha value is -1.59. The van der Waals surface area contributed by atoms with Crippen LogP contribution < -0.4 is 4.74 Å². The van der Waals surface area contributed by atoms with Gasteiger partial charge in [-0.2, -0.15) is 0 Å². The fourth-order valence-electron chi connectivity index (χ4n) is 2.27. The van der Waals surface area contributed by atoms with Gasteiger partial charge in [0.1, 0.15) is 23.5 Å². The third kappa shape index (κ3) is 3.19. The Morgan fingerprint density at radius 1 is 1.24 bits per heavy atom. The number of ether oxygens (including phenoxy) is 1. The zero-order valence-corrected chi connectivity index (χ0v) is 11.9. The van der Waals surface area contributed by atoms with Gasteiger partial charge in [-0.05, 0) is 23.8 Å². The second-order valence-electron chi connectivity index (χ2n) is 4.92. The highest BCUT2D eigenvalue weighted by molar-refractivity contribution is 7.99. The van der Waals surface area contributed by atoms with Gasteiger partial charge in [0.15, 0.2) is 0 Å². The molecule has 0 radical (unpaired) electrons. The number of aliphatic hydroxyl groups is 1. The Bertz CT molecular complexity index is 648. The van der Waals surface area contributed by atoms with E-state index >= 15 is 0 Å². The zero-order valence-electron chi connectivity index (χ0n) is 11.1. The lowest BCUT2D eigenvalue weighted by Gasteiger charge is -2.29. The third-order valence-corrected chi connectivity index (χ3v) is 4.55. The number of hydrogen-bond acceptors (Lipinski definition) is 3. The highest BCUT2D eigenvalue weighted by atomic mass is 32.2. The predicted octanol–water partition coefficient (Wildman–Crippen LogP) is 3.42. The molecular formula is C16H14F2O2S. The Balaban J connectivity index is 1.70. The van der Waals surface area contributed by atoms with Crippen LogP contribution in [0.25, 0.3) is 0 Å². The smallest absolute Gasteiger partial charge is 0.134 e. The van der Waals surface area contributed by atoms with Crippen LogP contribution in [0.15, 0.2) is 47.4 Å². The quantitative estimate of drug-likeness (QED) is 0.942. The van der Waals surface area contributed by atoms with Crippen LogP contribution in [-0.4, -0.2) is 23.1 Å². The Labute approximate surface area is 125 Å². The summed E-state index contributed by atoms with van der Waals surface area (Å²) in [5.74, 6) is 0.0699. The van der Waals surface area contributed by atoms with E-state index in [2.05, 4.69) is 0 Å². The number of hydrogen-bond donors (Lipinski definition) is 1. The van der Waals surface area contributed by atoms with Crippen LogP contribution in [0.3, 0.4) is 0 Å². The van der Waals surface area contributed by atoms with Gasteiger partial charge in [-0.15, -0.1) is 11.8 Å². The van der Waals surface area contributed by atoms with Crippen LogP contribution >= 0.6 is 11.8 Å². The monoisotopic (exact) mass is 308 g/mol. The summed E-state index contributed by atoms with van der Waals surface area (Å²) < 4.78 is 32.3. The van der Waals surface area contributed by atoms with E-state index < -0.39 is 23.8 Å². The van der Waals surface area contributed by atoms with Crippen LogP contribution in [-0.2, 0) is 6.42 Å². The SMILES string of the molecule is OC(Cc1ccc(F)cc1F)C1CSc2ccccc2O1. The lowest BCUT2D eigenvalue weighted by atomic mass is 10.0. The molecule has 21 heavy (non-hydrogen) atoms. The standard InChI is InChI=1S/C16H14F2O2S/c17-11-6-5-10(12(18)8-11)7-13(19)15-9-21-16-4-2-1-3-14(16)20-15/h1-6,8,13,15,19H,7,9H2. The number of halogens is 2. The summed E-state index contributed by atoms with van der Waals surface area (Å²) in [5, 5.41) is 10.2. The van der Waals surface area contributed by atoms with Crippen molar-refractivity contribution >= 4 is 11.8 Å². The molecule has 1 aliphatic rings. The molecule has 1 aliphatic heterocycles. The number of aliphatic hydroxyl groups excluding tert-OH is 1. The van der Waals surface area contributed by atoms with Crippen molar-refractivity contribution in [3.63, 3.8) is 0 Å². The molecule has 0 saturated carbocycles. The minimum Gasteiger partial charge on any atom is -0.486 e. The van der Waals surface area contributed by atoms with Crippen molar-refractivity contribution in [2.75, 3.05) is 5.75 Å². The summed E-state index contributed by atoms with van der Waals surface area (Å²) in [6.07, 6.45) is -1.15. The van der Waals surface area contributed by atoms with Gasteiger partial charge in [0, 0.05) is 23.1 Å². The average molecular weight is 308 g/mol. The molecule has 0 amide bonds. The zero-order chi connectivity index (χ0) is 14.8. The van der Waals surface area contributed by atoms with Crippen LogP contribution in [0.1, 0.15) is 5.56 Å². The first-order valence-electron chi connectivity index (χ1n) is 6.64. The van der Waals surface area contributed by atoms with Crippen LogP contribution in [0.2, 0.25) is 0 Å². The van der Waals surface area contributed by atoms with Crippen molar-refractivity contribution in [2.24, 2.45) is 0 Å². The van der Waals surface area contributed by atoms with Crippen molar-refractivity contribution in [1.82, 2.24) is 0 Å². The van der Waals surface area contributed by atoms with Gasteiger partial charge in [-0.1, -0.05) is 18.2 Å². The Kier molecular flexibility index (Phi) is 4.12.